The van der Waals surface area contributed by atoms with Gasteiger partial charge in [0.2, 0.25) is 0 Å². The van der Waals surface area contributed by atoms with Crippen LogP contribution in [0.25, 0.3) is 0 Å². The van der Waals surface area contributed by atoms with Crippen molar-refractivity contribution in [1.82, 2.24) is 0 Å². The molecule has 1 atom stereocenters. The zero-order chi connectivity index (χ0) is 16.4. The summed E-state index contributed by atoms with van der Waals surface area (Å²) in [5.74, 6) is -0.224. The number of rotatable bonds is 9. The lowest BCUT2D eigenvalue weighted by Gasteiger charge is -2.12. The second kappa shape index (κ2) is 9.39. The van der Waals surface area contributed by atoms with E-state index in [9.17, 15) is 9.59 Å². The minimum absolute atomic E-state index is 0.168. The molecule has 0 bridgehead atoms. The van der Waals surface area contributed by atoms with Crippen molar-refractivity contribution in [3.05, 3.63) is 55.1 Å². The molecule has 1 aromatic rings. The van der Waals surface area contributed by atoms with Crippen molar-refractivity contribution in [3.63, 3.8) is 0 Å². The van der Waals surface area contributed by atoms with E-state index in [0.29, 0.717) is 12.2 Å². The second-order valence-corrected chi connectivity index (χ2v) is 4.52. The lowest BCUT2D eigenvalue weighted by atomic mass is 10.1. The molecule has 0 aliphatic rings. The Bertz CT molecular complexity index is 518. The molecule has 5 heteroatoms. The van der Waals surface area contributed by atoms with Crippen LogP contribution < -0.4 is 4.74 Å². The largest absolute Gasteiger partial charge is 0.490 e. The maximum atomic E-state index is 11.1. The first-order valence-electron chi connectivity index (χ1n) is 6.89. The molecule has 1 aromatic carbocycles. The number of carbonyl (C=O) groups is 2. The average molecular weight is 304 g/mol. The molecule has 0 N–H and O–H groups in total. The van der Waals surface area contributed by atoms with Gasteiger partial charge in [0.15, 0.2) is 0 Å². The van der Waals surface area contributed by atoms with Gasteiger partial charge in [-0.3, -0.25) is 0 Å². The molecule has 5 nitrogen and oxygen atoms in total. The van der Waals surface area contributed by atoms with Gasteiger partial charge in [0.05, 0.1) is 0 Å². The summed E-state index contributed by atoms with van der Waals surface area (Å²) in [6, 6.07) is 7.41. The molecule has 0 saturated carbocycles. The van der Waals surface area contributed by atoms with Crippen LogP contribution in [-0.2, 0) is 25.5 Å². The molecule has 118 valence electrons. The van der Waals surface area contributed by atoms with Crippen molar-refractivity contribution in [2.75, 3.05) is 13.2 Å². The van der Waals surface area contributed by atoms with Crippen molar-refractivity contribution in [2.24, 2.45) is 0 Å². The molecule has 0 aliphatic heterocycles. The van der Waals surface area contributed by atoms with Crippen LogP contribution in [0.5, 0.6) is 5.75 Å². The fourth-order valence-corrected chi connectivity index (χ4v) is 1.70. The lowest BCUT2D eigenvalue weighted by molar-refractivity contribution is -0.142. The molecular weight excluding hydrogens is 284 g/mol. The number of hydrogen-bond donors (Lipinski definition) is 0. The van der Waals surface area contributed by atoms with Gasteiger partial charge in [0.25, 0.3) is 0 Å². The minimum Gasteiger partial charge on any atom is -0.490 e. The molecule has 0 aromatic heterocycles. The molecule has 0 spiro atoms. The molecule has 0 radical (unpaired) electrons. The minimum atomic E-state index is -0.470. The van der Waals surface area contributed by atoms with Gasteiger partial charge in [0.1, 0.15) is 25.1 Å². The molecule has 22 heavy (non-hydrogen) atoms. The van der Waals surface area contributed by atoms with E-state index in [1.165, 1.54) is 0 Å². The number of esters is 2. The highest BCUT2D eigenvalue weighted by Crippen LogP contribution is 2.14. The predicted molar refractivity (Wildman–Crippen MR) is 82.5 cm³/mol. The summed E-state index contributed by atoms with van der Waals surface area (Å²) in [4.78, 5) is 21.9. The van der Waals surface area contributed by atoms with Gasteiger partial charge in [-0.05, 0) is 24.6 Å². The Kier molecular flexibility index (Phi) is 7.47. The first kappa shape index (κ1) is 17.5. The van der Waals surface area contributed by atoms with Crippen LogP contribution in [0.4, 0.5) is 0 Å². The Morgan fingerprint density at radius 3 is 2.32 bits per heavy atom. The van der Waals surface area contributed by atoms with Crippen LogP contribution in [0.3, 0.4) is 0 Å². The summed E-state index contributed by atoms with van der Waals surface area (Å²) in [7, 11) is 0. The molecule has 0 aliphatic carbocycles. The topological polar surface area (TPSA) is 61.8 Å². The van der Waals surface area contributed by atoms with E-state index in [2.05, 4.69) is 13.2 Å². The highest BCUT2D eigenvalue weighted by molar-refractivity contribution is 5.81. The van der Waals surface area contributed by atoms with Gasteiger partial charge >= 0.3 is 11.9 Å². The SMILES string of the molecule is C=CC(=O)OCCOc1ccc(CC(C)OC(=O)C=C)cc1. The van der Waals surface area contributed by atoms with Crippen LogP contribution in [0.15, 0.2) is 49.6 Å². The molecule has 0 fully saturated rings. The second-order valence-electron chi connectivity index (χ2n) is 4.52. The Hall–Kier alpha value is -2.56. The summed E-state index contributed by atoms with van der Waals surface area (Å²) in [6.07, 6.45) is 2.63. The Morgan fingerprint density at radius 2 is 1.73 bits per heavy atom. The van der Waals surface area contributed by atoms with E-state index >= 15 is 0 Å². The number of benzene rings is 1. The number of ether oxygens (including phenoxy) is 3. The summed E-state index contributed by atoms with van der Waals surface area (Å²) >= 11 is 0. The number of hydrogen-bond acceptors (Lipinski definition) is 5. The molecule has 1 unspecified atom stereocenters. The number of carbonyl (C=O) groups excluding carboxylic acids is 2. The van der Waals surface area contributed by atoms with Gasteiger partial charge < -0.3 is 14.2 Å². The van der Waals surface area contributed by atoms with Crippen LogP contribution in [0.2, 0.25) is 0 Å². The van der Waals surface area contributed by atoms with E-state index in [0.717, 1.165) is 17.7 Å². The van der Waals surface area contributed by atoms with E-state index in [1.54, 1.807) is 0 Å². The van der Waals surface area contributed by atoms with E-state index in [4.69, 9.17) is 14.2 Å². The zero-order valence-corrected chi connectivity index (χ0v) is 12.6. The van der Waals surface area contributed by atoms with Crippen molar-refractivity contribution in [1.29, 1.82) is 0 Å². The third kappa shape index (κ3) is 6.74. The first-order valence-corrected chi connectivity index (χ1v) is 6.89. The maximum absolute atomic E-state index is 11.1. The molecule has 0 saturated heterocycles. The van der Waals surface area contributed by atoms with E-state index in [-0.39, 0.29) is 19.3 Å². The third-order valence-corrected chi connectivity index (χ3v) is 2.69. The van der Waals surface area contributed by atoms with Gasteiger partial charge in [-0.25, -0.2) is 9.59 Å². The average Bonchev–Trinajstić information content (AvgIpc) is 2.52. The summed E-state index contributed by atoms with van der Waals surface area (Å²) < 4.78 is 15.3. The Balaban J connectivity index is 2.36. The third-order valence-electron chi connectivity index (χ3n) is 2.69. The van der Waals surface area contributed by atoms with Gasteiger partial charge in [-0.2, -0.15) is 0 Å². The summed E-state index contributed by atoms with van der Waals surface area (Å²) in [5, 5.41) is 0. The predicted octanol–water partition coefficient (Wildman–Crippen LogP) is 2.45. The van der Waals surface area contributed by atoms with Gasteiger partial charge in [-0.15, -0.1) is 0 Å². The highest BCUT2D eigenvalue weighted by Gasteiger charge is 2.07. The maximum Gasteiger partial charge on any atom is 0.330 e. The molecular formula is C17H20O5. The van der Waals surface area contributed by atoms with Crippen molar-refractivity contribution in [3.8, 4) is 5.75 Å². The Labute approximate surface area is 130 Å². The van der Waals surface area contributed by atoms with Crippen molar-refractivity contribution >= 4 is 11.9 Å². The van der Waals surface area contributed by atoms with Crippen LogP contribution >= 0.6 is 0 Å². The summed E-state index contributed by atoms with van der Waals surface area (Å²) in [6.45, 7) is 8.92. The first-order chi connectivity index (χ1) is 10.5. The van der Waals surface area contributed by atoms with Crippen LogP contribution in [0.1, 0.15) is 12.5 Å². The van der Waals surface area contributed by atoms with Crippen molar-refractivity contribution in [2.45, 2.75) is 19.4 Å². The zero-order valence-electron chi connectivity index (χ0n) is 12.6. The summed E-state index contributed by atoms with van der Waals surface area (Å²) in [5.41, 5.74) is 1.02. The Morgan fingerprint density at radius 1 is 1.09 bits per heavy atom. The normalized spacial score (nSPS) is 11.1. The van der Waals surface area contributed by atoms with Crippen LogP contribution in [0, 0.1) is 0 Å². The van der Waals surface area contributed by atoms with E-state index < -0.39 is 11.9 Å². The standard InChI is InChI=1S/C17H20O5/c1-4-16(18)21-11-10-20-15-8-6-14(7-9-15)12-13(3)22-17(19)5-2/h4-9,13H,1-2,10-12H2,3H3. The lowest BCUT2D eigenvalue weighted by Crippen LogP contribution is -2.15. The van der Waals surface area contributed by atoms with Gasteiger partial charge in [-0.1, -0.05) is 25.3 Å². The van der Waals surface area contributed by atoms with Gasteiger partial charge in [0, 0.05) is 18.6 Å². The fraction of sp³-hybridized carbons (Fsp3) is 0.294. The molecule has 0 amide bonds. The molecule has 1 rings (SSSR count). The highest BCUT2D eigenvalue weighted by atomic mass is 16.6. The van der Waals surface area contributed by atoms with E-state index in [1.807, 2.05) is 31.2 Å². The van der Waals surface area contributed by atoms with Crippen LogP contribution in [-0.4, -0.2) is 31.3 Å². The smallest absolute Gasteiger partial charge is 0.330 e. The quantitative estimate of drug-likeness (QED) is 0.398. The monoisotopic (exact) mass is 304 g/mol. The molecule has 0 heterocycles. The fourth-order valence-electron chi connectivity index (χ4n) is 1.70. The van der Waals surface area contributed by atoms with Crippen molar-refractivity contribution < 1.29 is 23.8 Å².